The summed E-state index contributed by atoms with van der Waals surface area (Å²) in [6.07, 6.45) is 8.54. The summed E-state index contributed by atoms with van der Waals surface area (Å²) in [4.78, 5) is 35.4. The van der Waals surface area contributed by atoms with Crippen molar-refractivity contribution in [2.75, 3.05) is 26.4 Å². The fourth-order valence-corrected chi connectivity index (χ4v) is 2.99. The number of carboxylic acid groups (broad SMARTS) is 1. The van der Waals surface area contributed by atoms with E-state index in [0.717, 1.165) is 19.3 Å². The summed E-state index contributed by atoms with van der Waals surface area (Å²) in [6, 6.07) is 0. The minimum atomic E-state index is -0.983. The molecule has 6 heteroatoms. The van der Waals surface area contributed by atoms with E-state index in [0.29, 0.717) is 45.7 Å². The molecule has 0 aromatic heterocycles. The molecule has 164 valence electrons. The average molecular weight is 401 g/mol. The number of carbonyl (C=O) groups excluding carboxylic acids is 2. The van der Waals surface area contributed by atoms with Gasteiger partial charge >= 0.3 is 5.97 Å². The smallest absolute Gasteiger partial charge is 0.306 e. The molecule has 0 saturated carbocycles. The van der Waals surface area contributed by atoms with Crippen LogP contribution in [0.3, 0.4) is 0 Å². The molecule has 28 heavy (non-hydrogen) atoms. The second-order valence-corrected chi connectivity index (χ2v) is 7.29. The van der Waals surface area contributed by atoms with E-state index < -0.39 is 11.9 Å². The van der Waals surface area contributed by atoms with Gasteiger partial charge in [0.1, 0.15) is 11.6 Å². The van der Waals surface area contributed by atoms with E-state index in [1.54, 1.807) is 0 Å². The van der Waals surface area contributed by atoms with Crippen LogP contribution in [-0.2, 0) is 23.9 Å². The third-order valence-electron chi connectivity index (χ3n) is 4.72. The maximum Gasteiger partial charge on any atom is 0.306 e. The Hall–Kier alpha value is -1.27. The van der Waals surface area contributed by atoms with Gasteiger partial charge in [0.2, 0.25) is 0 Å². The van der Waals surface area contributed by atoms with Crippen LogP contribution in [0.5, 0.6) is 0 Å². The normalized spacial score (nSPS) is 12.1. The number of carboxylic acids is 1. The van der Waals surface area contributed by atoms with Crippen LogP contribution in [0.25, 0.3) is 0 Å². The molecular formula is C22H40O6. The standard InChI is InChI=1S/C22H40O6/c1-3-5-6-7-8-9-11-21(24)18-19(22(25)26)13-14-20(23)12-10-15-28-17-16-27-4-2/h19H,3-18H2,1-2H3,(H,25,26)/t19-/m1/s1. The Morgan fingerprint density at radius 3 is 2.07 bits per heavy atom. The van der Waals surface area contributed by atoms with Crippen LogP contribution in [0.1, 0.15) is 90.9 Å². The van der Waals surface area contributed by atoms with Crippen molar-refractivity contribution in [2.45, 2.75) is 90.9 Å². The summed E-state index contributed by atoms with van der Waals surface area (Å²) in [5.74, 6) is -1.71. The number of hydrogen-bond donors (Lipinski definition) is 1. The predicted octanol–water partition coefficient (Wildman–Crippen LogP) is 4.58. The highest BCUT2D eigenvalue weighted by molar-refractivity contribution is 5.84. The van der Waals surface area contributed by atoms with Gasteiger partial charge in [-0.15, -0.1) is 0 Å². The topological polar surface area (TPSA) is 89.9 Å². The van der Waals surface area contributed by atoms with E-state index in [4.69, 9.17) is 9.47 Å². The van der Waals surface area contributed by atoms with Gasteiger partial charge in [-0.05, 0) is 26.2 Å². The van der Waals surface area contributed by atoms with Crippen LogP contribution < -0.4 is 0 Å². The van der Waals surface area contributed by atoms with E-state index in [-0.39, 0.29) is 30.8 Å². The van der Waals surface area contributed by atoms with Crippen molar-refractivity contribution in [2.24, 2.45) is 5.92 Å². The molecule has 0 unspecified atom stereocenters. The van der Waals surface area contributed by atoms with Gasteiger partial charge in [0.25, 0.3) is 0 Å². The van der Waals surface area contributed by atoms with Crippen molar-refractivity contribution in [1.29, 1.82) is 0 Å². The quantitative estimate of drug-likeness (QED) is 0.284. The zero-order valence-corrected chi connectivity index (χ0v) is 17.9. The molecule has 0 fully saturated rings. The Morgan fingerprint density at radius 1 is 0.750 bits per heavy atom. The Bertz CT molecular complexity index is 421. The lowest BCUT2D eigenvalue weighted by Crippen LogP contribution is -2.19. The lowest BCUT2D eigenvalue weighted by molar-refractivity contribution is -0.144. The van der Waals surface area contributed by atoms with Gasteiger partial charge in [-0.2, -0.15) is 0 Å². The number of aliphatic carboxylic acids is 1. The number of carbonyl (C=O) groups is 3. The molecule has 0 saturated heterocycles. The monoisotopic (exact) mass is 400 g/mol. The van der Waals surface area contributed by atoms with Gasteiger partial charge in [0.05, 0.1) is 19.1 Å². The Kier molecular flexibility index (Phi) is 18.2. The molecule has 0 aliphatic rings. The highest BCUT2D eigenvalue weighted by atomic mass is 16.5. The summed E-state index contributed by atoms with van der Waals surface area (Å²) in [5.41, 5.74) is 0. The van der Waals surface area contributed by atoms with Crippen LogP contribution in [-0.4, -0.2) is 49.1 Å². The first-order valence-electron chi connectivity index (χ1n) is 10.9. The molecule has 0 aromatic rings. The first-order chi connectivity index (χ1) is 13.5. The SMILES string of the molecule is CCCCCCCCC(=O)C[C@@H](CCC(=O)CCCOCCOCC)C(=O)O. The van der Waals surface area contributed by atoms with Crippen molar-refractivity contribution < 1.29 is 29.0 Å². The third-order valence-corrected chi connectivity index (χ3v) is 4.72. The van der Waals surface area contributed by atoms with E-state index in [9.17, 15) is 19.5 Å². The lowest BCUT2D eigenvalue weighted by atomic mass is 9.93. The number of ether oxygens (including phenoxy) is 2. The maximum atomic E-state index is 12.0. The van der Waals surface area contributed by atoms with Crippen molar-refractivity contribution in [3.05, 3.63) is 0 Å². The fourth-order valence-electron chi connectivity index (χ4n) is 2.99. The summed E-state index contributed by atoms with van der Waals surface area (Å²) in [6.45, 7) is 6.32. The molecule has 0 rings (SSSR count). The van der Waals surface area contributed by atoms with Crippen LogP contribution in [0, 0.1) is 5.92 Å². The number of unbranched alkanes of at least 4 members (excludes halogenated alkanes) is 5. The van der Waals surface area contributed by atoms with Crippen molar-refractivity contribution >= 4 is 17.5 Å². The molecule has 0 heterocycles. The zero-order chi connectivity index (χ0) is 21.0. The number of rotatable bonds is 21. The fraction of sp³-hybridized carbons (Fsp3) is 0.864. The maximum absolute atomic E-state index is 12.0. The second-order valence-electron chi connectivity index (χ2n) is 7.29. The molecular weight excluding hydrogens is 360 g/mol. The minimum absolute atomic E-state index is 0.00182. The number of hydrogen-bond acceptors (Lipinski definition) is 5. The van der Waals surface area contributed by atoms with Gasteiger partial charge in [-0.3, -0.25) is 14.4 Å². The summed E-state index contributed by atoms with van der Waals surface area (Å²) < 4.78 is 10.5. The average Bonchev–Trinajstić information content (AvgIpc) is 2.66. The molecule has 0 aliphatic heterocycles. The highest BCUT2D eigenvalue weighted by Gasteiger charge is 2.21. The largest absolute Gasteiger partial charge is 0.481 e. The minimum Gasteiger partial charge on any atom is -0.481 e. The molecule has 0 aliphatic carbocycles. The van der Waals surface area contributed by atoms with Gasteiger partial charge in [0.15, 0.2) is 0 Å². The molecule has 6 nitrogen and oxygen atoms in total. The van der Waals surface area contributed by atoms with Gasteiger partial charge in [-0.1, -0.05) is 39.0 Å². The van der Waals surface area contributed by atoms with Crippen molar-refractivity contribution in [3.8, 4) is 0 Å². The van der Waals surface area contributed by atoms with Crippen molar-refractivity contribution in [3.63, 3.8) is 0 Å². The summed E-state index contributed by atoms with van der Waals surface area (Å²) in [7, 11) is 0. The Morgan fingerprint density at radius 2 is 1.39 bits per heavy atom. The van der Waals surface area contributed by atoms with Gasteiger partial charge in [0, 0.05) is 38.9 Å². The van der Waals surface area contributed by atoms with Gasteiger partial charge in [-0.25, -0.2) is 0 Å². The van der Waals surface area contributed by atoms with Crippen molar-refractivity contribution in [1.82, 2.24) is 0 Å². The Labute approximate surface area is 170 Å². The molecule has 0 aromatic carbocycles. The number of ketones is 2. The van der Waals surface area contributed by atoms with Crippen LogP contribution in [0.2, 0.25) is 0 Å². The van der Waals surface area contributed by atoms with E-state index in [1.807, 2.05) is 6.92 Å². The first kappa shape index (κ1) is 26.7. The molecule has 0 bridgehead atoms. The van der Waals surface area contributed by atoms with Crippen LogP contribution in [0.4, 0.5) is 0 Å². The third kappa shape index (κ3) is 16.9. The van der Waals surface area contributed by atoms with E-state index in [2.05, 4.69) is 6.92 Å². The summed E-state index contributed by atoms with van der Waals surface area (Å²) in [5, 5.41) is 9.33. The zero-order valence-electron chi connectivity index (χ0n) is 17.9. The Balaban J connectivity index is 3.87. The van der Waals surface area contributed by atoms with E-state index >= 15 is 0 Å². The number of Topliss-reactive ketones (excluding diaryl/α,β-unsaturated/α-hetero) is 2. The second kappa shape index (κ2) is 19.1. The summed E-state index contributed by atoms with van der Waals surface area (Å²) >= 11 is 0. The highest BCUT2D eigenvalue weighted by Crippen LogP contribution is 2.16. The van der Waals surface area contributed by atoms with Crippen LogP contribution >= 0.6 is 0 Å². The predicted molar refractivity (Wildman–Crippen MR) is 110 cm³/mol. The van der Waals surface area contributed by atoms with E-state index in [1.165, 1.54) is 19.3 Å². The molecule has 0 radical (unpaired) electrons. The van der Waals surface area contributed by atoms with Gasteiger partial charge < -0.3 is 14.6 Å². The molecule has 0 amide bonds. The molecule has 0 spiro atoms. The molecule has 1 N–H and O–H groups in total. The molecule has 1 atom stereocenters. The first-order valence-corrected chi connectivity index (χ1v) is 10.9. The lowest BCUT2D eigenvalue weighted by Gasteiger charge is -2.11. The van der Waals surface area contributed by atoms with Crippen LogP contribution in [0.15, 0.2) is 0 Å².